The number of carbonyl (C=O) groups excluding carboxylic acids is 1. The third-order valence-corrected chi connectivity index (χ3v) is 6.80. The van der Waals surface area contributed by atoms with Crippen LogP contribution in [-0.4, -0.2) is 34.1 Å². The third kappa shape index (κ3) is 6.29. The molecule has 1 N–H and O–H groups in total. The van der Waals surface area contributed by atoms with E-state index in [1.54, 1.807) is 36.4 Å². The van der Waals surface area contributed by atoms with Crippen molar-refractivity contribution in [2.45, 2.75) is 32.2 Å². The van der Waals surface area contributed by atoms with E-state index in [9.17, 15) is 13.2 Å². The Kier molecular flexibility index (Phi) is 8.54. The first-order valence-electron chi connectivity index (χ1n) is 11.1. The van der Waals surface area contributed by atoms with Gasteiger partial charge in [0.05, 0.1) is 23.8 Å². The molecular formula is C26H30N2O5S. The predicted molar refractivity (Wildman–Crippen MR) is 133 cm³/mol. The summed E-state index contributed by atoms with van der Waals surface area (Å²) in [4.78, 5) is 13.0. The Balaban J connectivity index is 1.88. The summed E-state index contributed by atoms with van der Waals surface area (Å²) in [6.45, 7) is 6.35. The van der Waals surface area contributed by atoms with Gasteiger partial charge < -0.3 is 14.8 Å². The van der Waals surface area contributed by atoms with Crippen LogP contribution in [0.15, 0.2) is 77.7 Å². The Hall–Kier alpha value is -3.52. The molecule has 0 bridgehead atoms. The number of carbonyl (C=O) groups is 1. The van der Waals surface area contributed by atoms with E-state index in [2.05, 4.69) is 5.32 Å². The predicted octanol–water partition coefficient (Wildman–Crippen LogP) is 4.30. The van der Waals surface area contributed by atoms with Gasteiger partial charge in [0, 0.05) is 6.54 Å². The largest absolute Gasteiger partial charge is 0.494 e. The molecule has 0 aliphatic heterocycles. The first-order chi connectivity index (χ1) is 16.3. The van der Waals surface area contributed by atoms with Crippen molar-refractivity contribution in [2.75, 3.05) is 24.1 Å². The minimum Gasteiger partial charge on any atom is -0.494 e. The molecule has 34 heavy (non-hydrogen) atoms. The number of nitrogens with zero attached hydrogens (tertiary/aromatic N) is 1. The van der Waals surface area contributed by atoms with E-state index in [0.717, 1.165) is 15.4 Å². The van der Waals surface area contributed by atoms with Crippen LogP contribution in [-0.2, 0) is 21.4 Å². The van der Waals surface area contributed by atoms with Crippen molar-refractivity contribution in [2.24, 2.45) is 0 Å². The van der Waals surface area contributed by atoms with Crippen molar-refractivity contribution in [3.05, 3.63) is 83.9 Å². The van der Waals surface area contributed by atoms with Crippen LogP contribution in [0.4, 0.5) is 5.69 Å². The molecule has 0 saturated carbocycles. The summed E-state index contributed by atoms with van der Waals surface area (Å²) < 4.78 is 39.5. The second-order valence-electron chi connectivity index (χ2n) is 7.58. The molecule has 180 valence electrons. The molecule has 3 aromatic rings. The molecule has 0 aliphatic carbocycles. The second kappa shape index (κ2) is 11.6. The lowest BCUT2D eigenvalue weighted by Crippen LogP contribution is -2.40. The van der Waals surface area contributed by atoms with E-state index in [4.69, 9.17) is 9.47 Å². The Morgan fingerprint density at radius 1 is 0.912 bits per heavy atom. The normalized spacial score (nSPS) is 11.0. The zero-order chi connectivity index (χ0) is 24.6. The summed E-state index contributed by atoms with van der Waals surface area (Å²) in [7, 11) is -4.03. The molecule has 0 radical (unpaired) electrons. The maximum Gasteiger partial charge on any atom is 0.264 e. The molecule has 8 heteroatoms. The summed E-state index contributed by atoms with van der Waals surface area (Å²) in [6, 6.07) is 20.7. The Morgan fingerprint density at radius 2 is 1.62 bits per heavy atom. The van der Waals surface area contributed by atoms with Gasteiger partial charge in [-0.15, -0.1) is 0 Å². The number of sulfonamides is 1. The zero-order valence-electron chi connectivity index (χ0n) is 19.7. The van der Waals surface area contributed by atoms with E-state index in [-0.39, 0.29) is 11.4 Å². The molecule has 0 heterocycles. The van der Waals surface area contributed by atoms with Crippen LogP contribution in [0.2, 0.25) is 0 Å². The van der Waals surface area contributed by atoms with Crippen LogP contribution >= 0.6 is 0 Å². The van der Waals surface area contributed by atoms with Crippen LogP contribution < -0.4 is 19.1 Å². The van der Waals surface area contributed by atoms with E-state index in [0.29, 0.717) is 30.4 Å². The average molecular weight is 483 g/mol. The van der Waals surface area contributed by atoms with Gasteiger partial charge >= 0.3 is 0 Å². The minimum atomic E-state index is -4.03. The van der Waals surface area contributed by atoms with Gasteiger partial charge in [-0.25, -0.2) is 8.42 Å². The van der Waals surface area contributed by atoms with Crippen LogP contribution in [0.5, 0.6) is 11.5 Å². The van der Waals surface area contributed by atoms with Crippen molar-refractivity contribution in [3.63, 3.8) is 0 Å². The molecule has 0 aliphatic rings. The maximum absolute atomic E-state index is 13.6. The van der Waals surface area contributed by atoms with Crippen molar-refractivity contribution < 1.29 is 22.7 Å². The van der Waals surface area contributed by atoms with Gasteiger partial charge in [0.2, 0.25) is 5.91 Å². The molecule has 0 fully saturated rings. The monoisotopic (exact) mass is 482 g/mol. The number of benzene rings is 3. The van der Waals surface area contributed by atoms with Crippen molar-refractivity contribution in [1.82, 2.24) is 5.32 Å². The quantitative estimate of drug-likeness (QED) is 0.440. The van der Waals surface area contributed by atoms with Crippen LogP contribution in [0, 0.1) is 6.92 Å². The lowest BCUT2D eigenvalue weighted by molar-refractivity contribution is -0.119. The molecule has 0 saturated heterocycles. The van der Waals surface area contributed by atoms with Crippen LogP contribution in [0.25, 0.3) is 0 Å². The van der Waals surface area contributed by atoms with E-state index in [1.165, 1.54) is 12.1 Å². The number of amides is 1. The highest BCUT2D eigenvalue weighted by Crippen LogP contribution is 2.32. The summed E-state index contributed by atoms with van der Waals surface area (Å²) in [6.07, 6.45) is 0. The highest BCUT2D eigenvalue weighted by molar-refractivity contribution is 7.92. The molecule has 0 atom stereocenters. The number of hydrogen-bond acceptors (Lipinski definition) is 5. The lowest BCUT2D eigenvalue weighted by atomic mass is 10.2. The fourth-order valence-electron chi connectivity index (χ4n) is 3.38. The average Bonchev–Trinajstić information content (AvgIpc) is 2.83. The number of ether oxygens (including phenoxy) is 2. The zero-order valence-corrected chi connectivity index (χ0v) is 20.5. The van der Waals surface area contributed by atoms with Crippen molar-refractivity contribution in [1.29, 1.82) is 0 Å². The van der Waals surface area contributed by atoms with Gasteiger partial charge in [-0.05, 0) is 62.7 Å². The number of aryl methyl sites for hydroxylation is 1. The molecule has 7 nitrogen and oxygen atoms in total. The maximum atomic E-state index is 13.6. The fourth-order valence-corrected chi connectivity index (χ4v) is 4.81. The number of rotatable bonds is 11. The highest BCUT2D eigenvalue weighted by atomic mass is 32.2. The Bertz CT molecular complexity index is 1210. The van der Waals surface area contributed by atoms with Crippen LogP contribution in [0.3, 0.4) is 0 Å². The Morgan fingerprint density at radius 3 is 2.32 bits per heavy atom. The number of hydrogen-bond donors (Lipinski definition) is 1. The van der Waals surface area contributed by atoms with Gasteiger partial charge in [0.15, 0.2) is 0 Å². The molecule has 3 aromatic carbocycles. The SMILES string of the molecule is CCOc1cccc(CNC(=O)CN(c2ccccc2OCC)S(=O)(=O)c2ccc(C)cc2)c1. The number of anilines is 1. The van der Waals surface area contributed by atoms with Crippen molar-refractivity contribution in [3.8, 4) is 11.5 Å². The van der Waals surface area contributed by atoms with Gasteiger partial charge in [-0.1, -0.05) is 42.0 Å². The summed E-state index contributed by atoms with van der Waals surface area (Å²) >= 11 is 0. The molecule has 3 rings (SSSR count). The van der Waals surface area contributed by atoms with E-state index >= 15 is 0 Å². The first-order valence-corrected chi connectivity index (χ1v) is 12.6. The summed E-state index contributed by atoms with van der Waals surface area (Å²) in [5.74, 6) is 0.658. The van der Waals surface area contributed by atoms with E-state index in [1.807, 2.05) is 45.0 Å². The van der Waals surface area contributed by atoms with Gasteiger partial charge in [0.1, 0.15) is 18.0 Å². The third-order valence-electron chi connectivity index (χ3n) is 5.03. The smallest absolute Gasteiger partial charge is 0.264 e. The molecule has 0 unspecified atom stereocenters. The number of para-hydroxylation sites is 2. The molecule has 1 amide bonds. The number of nitrogens with one attached hydrogen (secondary N) is 1. The molecular weight excluding hydrogens is 452 g/mol. The summed E-state index contributed by atoms with van der Waals surface area (Å²) in [5.41, 5.74) is 2.09. The summed E-state index contributed by atoms with van der Waals surface area (Å²) in [5, 5.41) is 2.81. The van der Waals surface area contributed by atoms with Gasteiger partial charge in [-0.2, -0.15) is 0 Å². The first kappa shape index (κ1) is 25.1. The standard InChI is InChI=1S/C26H30N2O5S/c1-4-32-22-10-8-9-21(17-22)18-27-26(29)19-28(24-11-6-7-12-25(24)33-5-2)34(30,31)23-15-13-20(3)14-16-23/h6-17H,4-5,18-19H2,1-3H3,(H,27,29). The van der Waals surface area contributed by atoms with Crippen LogP contribution in [0.1, 0.15) is 25.0 Å². The Labute approximate surface area is 201 Å². The van der Waals surface area contributed by atoms with Gasteiger partial charge in [-0.3, -0.25) is 9.10 Å². The lowest BCUT2D eigenvalue weighted by Gasteiger charge is -2.26. The highest BCUT2D eigenvalue weighted by Gasteiger charge is 2.29. The minimum absolute atomic E-state index is 0.0987. The second-order valence-corrected chi connectivity index (χ2v) is 9.44. The van der Waals surface area contributed by atoms with E-state index < -0.39 is 22.5 Å². The molecule has 0 aromatic heterocycles. The topological polar surface area (TPSA) is 84.9 Å². The fraction of sp³-hybridized carbons (Fsp3) is 0.269. The molecule has 0 spiro atoms. The van der Waals surface area contributed by atoms with Gasteiger partial charge in [0.25, 0.3) is 10.0 Å². The van der Waals surface area contributed by atoms with Crippen molar-refractivity contribution >= 4 is 21.6 Å².